The number of hydrogen-bond acceptors (Lipinski definition) is 3. The maximum Gasteiger partial charge on any atom is 0.0738 e. The number of nitrogens with zero attached hydrogens (tertiary/aromatic N) is 3. The van der Waals surface area contributed by atoms with Gasteiger partial charge in [0, 0.05) is 19.6 Å². The van der Waals surface area contributed by atoms with Crippen molar-refractivity contribution < 1.29 is 0 Å². The van der Waals surface area contributed by atoms with Gasteiger partial charge in [-0.2, -0.15) is 0 Å². The fraction of sp³-hybridized carbons (Fsp3) is 0.833. The zero-order valence-corrected chi connectivity index (χ0v) is 10.5. The molecule has 1 N–H and O–H groups in total. The fourth-order valence-electron chi connectivity index (χ4n) is 2.57. The summed E-state index contributed by atoms with van der Waals surface area (Å²) < 4.78 is 1.84. The van der Waals surface area contributed by atoms with Crippen molar-refractivity contribution in [2.75, 3.05) is 0 Å². The molecule has 1 unspecified atom stereocenters. The van der Waals surface area contributed by atoms with Crippen molar-refractivity contribution in [3.63, 3.8) is 0 Å². The maximum absolute atomic E-state index is 3.94. The van der Waals surface area contributed by atoms with Gasteiger partial charge in [-0.15, -0.1) is 5.10 Å². The molecular weight excluding hydrogens is 200 g/mol. The first-order valence-corrected chi connectivity index (χ1v) is 6.16. The lowest BCUT2D eigenvalue weighted by molar-refractivity contribution is 0.166. The second-order valence-electron chi connectivity index (χ2n) is 5.52. The molecule has 0 bridgehead atoms. The van der Waals surface area contributed by atoms with E-state index in [0.717, 1.165) is 12.2 Å². The summed E-state index contributed by atoms with van der Waals surface area (Å²) in [6.45, 7) is 5.61. The van der Waals surface area contributed by atoms with Gasteiger partial charge < -0.3 is 5.32 Å². The van der Waals surface area contributed by atoms with Crippen LogP contribution in [0.3, 0.4) is 0 Å². The lowest BCUT2D eigenvalue weighted by atomic mass is 9.73. The summed E-state index contributed by atoms with van der Waals surface area (Å²) in [5.74, 6) is 0. The number of nitrogens with one attached hydrogen (secondary N) is 1. The van der Waals surface area contributed by atoms with Crippen molar-refractivity contribution in [3.8, 4) is 0 Å². The molecule has 4 nitrogen and oxygen atoms in total. The van der Waals surface area contributed by atoms with Crippen molar-refractivity contribution in [2.45, 2.75) is 52.1 Å². The van der Waals surface area contributed by atoms with Crippen LogP contribution in [0.25, 0.3) is 0 Å². The summed E-state index contributed by atoms with van der Waals surface area (Å²) in [7, 11) is 1.94. The van der Waals surface area contributed by atoms with Crippen LogP contribution in [-0.4, -0.2) is 21.0 Å². The highest BCUT2D eigenvalue weighted by Gasteiger charge is 2.31. The van der Waals surface area contributed by atoms with E-state index in [0.29, 0.717) is 11.5 Å². The Balaban J connectivity index is 1.92. The third-order valence-corrected chi connectivity index (χ3v) is 3.85. The standard InChI is InChI=1S/C12H22N4/c1-12(2)7-5-4-6-11(12)13-8-10-9-14-15-16(10)3/h9,11,13H,4-8H2,1-3H3. The monoisotopic (exact) mass is 222 g/mol. The third kappa shape index (κ3) is 2.43. The van der Waals surface area contributed by atoms with Crippen LogP contribution in [0, 0.1) is 5.41 Å². The van der Waals surface area contributed by atoms with Gasteiger partial charge in [-0.25, -0.2) is 0 Å². The molecule has 0 amide bonds. The molecule has 2 rings (SSSR count). The Morgan fingerprint density at radius 1 is 1.50 bits per heavy atom. The zero-order chi connectivity index (χ0) is 11.6. The molecule has 1 aromatic rings. The first-order chi connectivity index (χ1) is 7.59. The molecule has 1 atom stereocenters. The van der Waals surface area contributed by atoms with E-state index in [1.165, 1.54) is 25.7 Å². The normalized spacial score (nSPS) is 24.6. The highest BCUT2D eigenvalue weighted by Crippen LogP contribution is 2.35. The molecule has 90 valence electrons. The molecule has 1 heterocycles. The zero-order valence-electron chi connectivity index (χ0n) is 10.5. The lowest BCUT2D eigenvalue weighted by Crippen LogP contribution is -2.43. The Morgan fingerprint density at radius 3 is 2.94 bits per heavy atom. The average Bonchev–Trinajstić information content (AvgIpc) is 2.62. The Hall–Kier alpha value is -0.900. The first kappa shape index (κ1) is 11.6. The second kappa shape index (κ2) is 4.53. The van der Waals surface area contributed by atoms with Crippen LogP contribution in [0.2, 0.25) is 0 Å². The van der Waals surface area contributed by atoms with Gasteiger partial charge in [-0.05, 0) is 18.3 Å². The first-order valence-electron chi connectivity index (χ1n) is 6.16. The Labute approximate surface area is 97.4 Å². The van der Waals surface area contributed by atoms with Crippen molar-refractivity contribution in [1.29, 1.82) is 0 Å². The van der Waals surface area contributed by atoms with Gasteiger partial charge in [0.2, 0.25) is 0 Å². The minimum absolute atomic E-state index is 0.421. The van der Waals surface area contributed by atoms with Gasteiger partial charge >= 0.3 is 0 Å². The summed E-state index contributed by atoms with van der Waals surface area (Å²) in [5.41, 5.74) is 1.57. The number of aryl methyl sites for hydroxylation is 1. The summed E-state index contributed by atoms with van der Waals surface area (Å²) in [4.78, 5) is 0. The van der Waals surface area contributed by atoms with E-state index in [4.69, 9.17) is 0 Å². The molecule has 1 aliphatic rings. The van der Waals surface area contributed by atoms with Gasteiger partial charge in [-0.3, -0.25) is 4.68 Å². The van der Waals surface area contributed by atoms with Crippen molar-refractivity contribution in [3.05, 3.63) is 11.9 Å². The van der Waals surface area contributed by atoms with E-state index in [1.807, 2.05) is 17.9 Å². The van der Waals surface area contributed by atoms with Crippen molar-refractivity contribution >= 4 is 0 Å². The molecule has 0 aliphatic heterocycles. The van der Waals surface area contributed by atoms with Gasteiger partial charge in [0.25, 0.3) is 0 Å². The molecule has 16 heavy (non-hydrogen) atoms. The summed E-state index contributed by atoms with van der Waals surface area (Å²) in [6, 6.07) is 0.621. The minimum Gasteiger partial charge on any atom is -0.308 e. The van der Waals surface area contributed by atoms with Crippen LogP contribution in [0.15, 0.2) is 6.20 Å². The van der Waals surface area contributed by atoms with Crippen LogP contribution in [-0.2, 0) is 13.6 Å². The molecule has 1 aliphatic carbocycles. The number of rotatable bonds is 3. The molecular formula is C12H22N4. The summed E-state index contributed by atoms with van der Waals surface area (Å²) in [6.07, 6.45) is 7.18. The molecule has 0 radical (unpaired) electrons. The SMILES string of the molecule is Cn1nncc1CNC1CCCCC1(C)C. The van der Waals surface area contributed by atoms with Crippen molar-refractivity contribution in [1.82, 2.24) is 20.3 Å². The highest BCUT2D eigenvalue weighted by atomic mass is 15.4. The van der Waals surface area contributed by atoms with Gasteiger partial charge in [-0.1, -0.05) is 31.9 Å². The number of aromatic nitrogens is 3. The summed E-state index contributed by atoms with van der Waals surface area (Å²) >= 11 is 0. The Morgan fingerprint density at radius 2 is 2.31 bits per heavy atom. The van der Waals surface area contributed by atoms with E-state index >= 15 is 0 Å². The largest absolute Gasteiger partial charge is 0.308 e. The molecule has 1 fully saturated rings. The summed E-state index contributed by atoms with van der Waals surface area (Å²) in [5, 5.41) is 11.5. The van der Waals surface area contributed by atoms with E-state index in [2.05, 4.69) is 29.5 Å². The molecule has 1 saturated carbocycles. The smallest absolute Gasteiger partial charge is 0.0738 e. The number of hydrogen-bond donors (Lipinski definition) is 1. The lowest BCUT2D eigenvalue weighted by Gasteiger charge is -2.39. The second-order valence-corrected chi connectivity index (χ2v) is 5.52. The van der Waals surface area contributed by atoms with Crippen LogP contribution in [0.5, 0.6) is 0 Å². The van der Waals surface area contributed by atoms with Crippen LogP contribution < -0.4 is 5.32 Å². The van der Waals surface area contributed by atoms with Gasteiger partial charge in [0.05, 0.1) is 11.9 Å². The van der Waals surface area contributed by atoms with E-state index in [-0.39, 0.29) is 0 Å². The maximum atomic E-state index is 3.94. The van der Waals surface area contributed by atoms with Crippen LogP contribution in [0.1, 0.15) is 45.2 Å². The topological polar surface area (TPSA) is 42.7 Å². The molecule has 1 aromatic heterocycles. The van der Waals surface area contributed by atoms with E-state index in [1.54, 1.807) is 0 Å². The van der Waals surface area contributed by atoms with E-state index < -0.39 is 0 Å². The van der Waals surface area contributed by atoms with Crippen LogP contribution >= 0.6 is 0 Å². The van der Waals surface area contributed by atoms with Crippen LogP contribution in [0.4, 0.5) is 0 Å². The molecule has 4 heteroatoms. The van der Waals surface area contributed by atoms with E-state index in [9.17, 15) is 0 Å². The predicted octanol–water partition coefficient (Wildman–Crippen LogP) is 1.87. The molecule has 0 aromatic carbocycles. The fourth-order valence-corrected chi connectivity index (χ4v) is 2.57. The molecule has 0 saturated heterocycles. The average molecular weight is 222 g/mol. The highest BCUT2D eigenvalue weighted by molar-refractivity contribution is 4.95. The van der Waals surface area contributed by atoms with Gasteiger partial charge in [0.15, 0.2) is 0 Å². The Kier molecular flexibility index (Phi) is 3.28. The quantitative estimate of drug-likeness (QED) is 0.849. The third-order valence-electron chi connectivity index (χ3n) is 3.85. The Bertz CT molecular complexity index is 343. The minimum atomic E-state index is 0.421. The van der Waals surface area contributed by atoms with Gasteiger partial charge in [0.1, 0.15) is 0 Å². The van der Waals surface area contributed by atoms with Crippen molar-refractivity contribution in [2.24, 2.45) is 12.5 Å². The predicted molar refractivity (Wildman–Crippen MR) is 63.9 cm³/mol. The molecule has 0 spiro atoms.